The molecule has 2 bridgehead atoms. The van der Waals surface area contributed by atoms with Gasteiger partial charge >= 0.3 is 5.97 Å². The molecule has 1 N–H and O–H groups in total. The van der Waals surface area contributed by atoms with Crippen molar-refractivity contribution < 1.29 is 13.9 Å². The number of imidazole rings is 1. The summed E-state index contributed by atoms with van der Waals surface area (Å²) in [6.45, 7) is 5.60. The van der Waals surface area contributed by atoms with Crippen molar-refractivity contribution in [3.63, 3.8) is 0 Å². The molecular formula is C31H38FN3O2. The first-order valence-electron chi connectivity index (χ1n) is 13.7. The third-order valence-electron chi connectivity index (χ3n) is 8.16. The van der Waals surface area contributed by atoms with Crippen LogP contribution in [0.15, 0.2) is 54.6 Å². The van der Waals surface area contributed by atoms with Crippen LogP contribution in [-0.4, -0.2) is 46.6 Å². The number of aromatic amines is 1. The number of halogens is 1. The van der Waals surface area contributed by atoms with Crippen LogP contribution in [-0.2, 0) is 16.0 Å². The molecule has 0 spiro atoms. The molecule has 1 aromatic heterocycles. The molecule has 2 aromatic carbocycles. The van der Waals surface area contributed by atoms with Crippen molar-refractivity contribution >= 4 is 22.6 Å². The number of hydrogen-bond donors (Lipinski definition) is 1. The molecule has 0 amide bonds. The number of nitrogens with one attached hydrogen (secondary N) is 1. The fourth-order valence-electron chi connectivity index (χ4n) is 6.07. The van der Waals surface area contributed by atoms with Crippen LogP contribution >= 0.6 is 0 Å². The number of nitrogens with zero attached hydrogens (tertiary/aromatic N) is 2. The third-order valence-corrected chi connectivity index (χ3v) is 8.16. The average molecular weight is 504 g/mol. The minimum atomic E-state index is -0.492. The van der Waals surface area contributed by atoms with Gasteiger partial charge in [0.1, 0.15) is 17.2 Å². The summed E-state index contributed by atoms with van der Waals surface area (Å²) >= 11 is 0. The van der Waals surface area contributed by atoms with Crippen molar-refractivity contribution in [2.75, 3.05) is 20.1 Å². The molecule has 0 saturated heterocycles. The van der Waals surface area contributed by atoms with E-state index < -0.39 is 5.60 Å². The van der Waals surface area contributed by atoms with Crippen LogP contribution in [0.3, 0.4) is 0 Å². The lowest BCUT2D eigenvalue weighted by Crippen LogP contribution is -2.51. The summed E-state index contributed by atoms with van der Waals surface area (Å²) in [6, 6.07) is 15.0. The second-order valence-corrected chi connectivity index (χ2v) is 11.2. The Bertz CT molecular complexity index is 1250. The van der Waals surface area contributed by atoms with Gasteiger partial charge in [0, 0.05) is 25.3 Å². The molecule has 1 heterocycles. The minimum Gasteiger partial charge on any atom is -0.458 e. The standard InChI is InChI=1S/C31H38FN3O2/c1-21(2)30(36)37-31(20-23-13-14-24(31)19-26(23)22-8-6-9-25(32)18-22)15-17-35(3)16-7-12-29-33-27-10-4-5-11-28(27)34-29/h4-6,8-11,18-19,21,23-24H,7,12-17,20H2,1-3H3,(H,33,34). The van der Waals surface area contributed by atoms with Gasteiger partial charge in [0.15, 0.2) is 0 Å². The predicted molar refractivity (Wildman–Crippen MR) is 145 cm³/mol. The first-order chi connectivity index (χ1) is 17.8. The van der Waals surface area contributed by atoms with Crippen LogP contribution in [0.1, 0.15) is 57.3 Å². The van der Waals surface area contributed by atoms with Crippen LogP contribution in [0.4, 0.5) is 4.39 Å². The zero-order valence-corrected chi connectivity index (χ0v) is 22.2. The van der Waals surface area contributed by atoms with Gasteiger partial charge in [-0.2, -0.15) is 0 Å². The van der Waals surface area contributed by atoms with E-state index in [-0.39, 0.29) is 29.5 Å². The normalized spacial score (nSPS) is 23.1. The molecule has 6 heteroatoms. The Hall–Kier alpha value is -2.99. The number of carbonyl (C=O) groups excluding carboxylic acids is 1. The van der Waals surface area contributed by atoms with Crippen LogP contribution in [0.5, 0.6) is 0 Å². The number of rotatable bonds is 10. The lowest BCUT2D eigenvalue weighted by molar-refractivity contribution is -0.176. The number of benzene rings is 2. The Balaban J connectivity index is 1.24. The molecule has 3 aliphatic carbocycles. The second kappa shape index (κ2) is 10.8. The van der Waals surface area contributed by atoms with Crippen molar-refractivity contribution in [2.45, 2.75) is 58.0 Å². The van der Waals surface area contributed by atoms with Crippen molar-refractivity contribution in [1.82, 2.24) is 14.9 Å². The second-order valence-electron chi connectivity index (χ2n) is 11.2. The zero-order chi connectivity index (χ0) is 26.0. The lowest BCUT2D eigenvalue weighted by atomic mass is 9.60. The highest BCUT2D eigenvalue weighted by molar-refractivity contribution is 5.75. The molecule has 3 aromatic rings. The number of esters is 1. The van der Waals surface area contributed by atoms with Gasteiger partial charge in [-0.15, -0.1) is 0 Å². The molecule has 0 radical (unpaired) electrons. The van der Waals surface area contributed by atoms with E-state index in [1.165, 1.54) is 11.6 Å². The predicted octanol–water partition coefficient (Wildman–Crippen LogP) is 6.41. The SMILES string of the molecule is CC(C)C(=O)OC1(CCN(C)CCCc2nc3ccccc3[nH]2)CC2CCC1C=C2c1cccc(F)c1. The zero-order valence-electron chi connectivity index (χ0n) is 22.2. The van der Waals surface area contributed by atoms with Crippen molar-refractivity contribution in [1.29, 1.82) is 0 Å². The number of allylic oxidation sites excluding steroid dienone is 1. The quantitative estimate of drug-likeness (QED) is 0.325. The number of aromatic nitrogens is 2. The summed E-state index contributed by atoms with van der Waals surface area (Å²) in [7, 11) is 2.14. The van der Waals surface area contributed by atoms with Crippen LogP contribution < -0.4 is 0 Å². The number of carbonyl (C=O) groups is 1. The molecule has 5 nitrogen and oxygen atoms in total. The maximum atomic E-state index is 13.9. The van der Waals surface area contributed by atoms with Crippen LogP contribution in [0.25, 0.3) is 16.6 Å². The fraction of sp³-hybridized carbons (Fsp3) is 0.484. The highest BCUT2D eigenvalue weighted by Gasteiger charge is 2.50. The Morgan fingerprint density at radius 3 is 2.76 bits per heavy atom. The number of fused-ring (bicyclic) bond motifs is 3. The molecule has 196 valence electrons. The van der Waals surface area contributed by atoms with E-state index >= 15 is 0 Å². The Kier molecular flexibility index (Phi) is 7.47. The van der Waals surface area contributed by atoms with E-state index in [1.807, 2.05) is 38.1 Å². The third kappa shape index (κ3) is 5.64. The van der Waals surface area contributed by atoms with E-state index in [4.69, 9.17) is 9.72 Å². The molecule has 1 fully saturated rings. The first-order valence-corrected chi connectivity index (χ1v) is 13.7. The molecule has 0 aliphatic heterocycles. The largest absolute Gasteiger partial charge is 0.458 e. The molecule has 3 unspecified atom stereocenters. The Morgan fingerprint density at radius 2 is 2.03 bits per heavy atom. The molecular weight excluding hydrogens is 465 g/mol. The summed E-state index contributed by atoms with van der Waals surface area (Å²) in [5.41, 5.74) is 3.77. The number of para-hydroxylation sites is 2. The number of hydrogen-bond acceptors (Lipinski definition) is 4. The average Bonchev–Trinajstić information content (AvgIpc) is 3.30. The topological polar surface area (TPSA) is 58.2 Å². The van der Waals surface area contributed by atoms with E-state index in [9.17, 15) is 9.18 Å². The summed E-state index contributed by atoms with van der Waals surface area (Å²) in [5, 5.41) is 0. The van der Waals surface area contributed by atoms with Gasteiger partial charge in [-0.1, -0.05) is 44.2 Å². The summed E-state index contributed by atoms with van der Waals surface area (Å²) in [5.74, 6) is 0.969. The number of aryl methyl sites for hydroxylation is 1. The Morgan fingerprint density at radius 1 is 1.19 bits per heavy atom. The minimum absolute atomic E-state index is 0.124. The molecule has 37 heavy (non-hydrogen) atoms. The van der Waals surface area contributed by atoms with Gasteiger partial charge in [0.05, 0.1) is 17.0 Å². The smallest absolute Gasteiger partial charge is 0.308 e. The highest BCUT2D eigenvalue weighted by Crippen LogP contribution is 2.53. The first kappa shape index (κ1) is 25.7. The highest BCUT2D eigenvalue weighted by atomic mass is 19.1. The van der Waals surface area contributed by atoms with Crippen molar-refractivity contribution in [2.24, 2.45) is 17.8 Å². The molecule has 3 aliphatic rings. The molecule has 3 atom stereocenters. The van der Waals surface area contributed by atoms with E-state index in [0.29, 0.717) is 0 Å². The summed E-state index contributed by atoms with van der Waals surface area (Å²) in [6.07, 6.45) is 7.86. The monoisotopic (exact) mass is 503 g/mol. The van der Waals surface area contributed by atoms with Crippen LogP contribution in [0.2, 0.25) is 0 Å². The molecule has 6 rings (SSSR count). The molecule has 1 saturated carbocycles. The van der Waals surface area contributed by atoms with E-state index in [0.717, 1.165) is 74.0 Å². The Labute approximate surface area is 219 Å². The van der Waals surface area contributed by atoms with Gasteiger partial charge in [-0.3, -0.25) is 4.79 Å². The fourth-order valence-corrected chi connectivity index (χ4v) is 6.07. The van der Waals surface area contributed by atoms with E-state index in [2.05, 4.69) is 29.1 Å². The van der Waals surface area contributed by atoms with E-state index in [1.54, 1.807) is 12.1 Å². The number of ether oxygens (including phenoxy) is 1. The summed E-state index contributed by atoms with van der Waals surface area (Å²) < 4.78 is 20.3. The van der Waals surface area contributed by atoms with Gasteiger partial charge in [-0.05, 0) is 80.6 Å². The maximum Gasteiger partial charge on any atom is 0.308 e. The van der Waals surface area contributed by atoms with Gasteiger partial charge < -0.3 is 14.6 Å². The van der Waals surface area contributed by atoms with Crippen molar-refractivity contribution in [3.8, 4) is 0 Å². The lowest BCUT2D eigenvalue weighted by Gasteiger charge is -2.50. The maximum absolute atomic E-state index is 13.9. The van der Waals surface area contributed by atoms with Crippen molar-refractivity contribution in [3.05, 3.63) is 71.8 Å². The van der Waals surface area contributed by atoms with Crippen LogP contribution in [0, 0.1) is 23.6 Å². The summed E-state index contributed by atoms with van der Waals surface area (Å²) in [4.78, 5) is 23.3. The number of H-pyrrole nitrogens is 1. The van der Waals surface area contributed by atoms with Gasteiger partial charge in [0.25, 0.3) is 0 Å². The van der Waals surface area contributed by atoms with Gasteiger partial charge in [-0.25, -0.2) is 9.37 Å². The van der Waals surface area contributed by atoms with Gasteiger partial charge in [0.2, 0.25) is 0 Å².